The van der Waals surface area contributed by atoms with Gasteiger partial charge in [-0.1, -0.05) is 17.7 Å². The molecule has 26 heavy (non-hydrogen) atoms. The summed E-state index contributed by atoms with van der Waals surface area (Å²) in [6, 6.07) is 5.08. The van der Waals surface area contributed by atoms with E-state index in [0.29, 0.717) is 5.56 Å². The molecule has 0 aliphatic carbocycles. The summed E-state index contributed by atoms with van der Waals surface area (Å²) in [6.07, 6.45) is -0.0244. The van der Waals surface area contributed by atoms with Gasteiger partial charge in [0.15, 0.2) is 0 Å². The molecule has 0 aliphatic heterocycles. The molecule has 0 aliphatic rings. The van der Waals surface area contributed by atoms with E-state index in [4.69, 9.17) is 0 Å². The zero-order chi connectivity index (χ0) is 20.1. The van der Waals surface area contributed by atoms with Gasteiger partial charge in [-0.15, -0.1) is 0 Å². The normalized spacial score (nSPS) is 11.9. The number of nitrogens with one attached hydrogen (secondary N) is 2. The summed E-state index contributed by atoms with van der Waals surface area (Å²) in [5, 5.41) is 2.77. The lowest BCUT2D eigenvalue weighted by Crippen LogP contribution is -2.46. The molecule has 0 heterocycles. The Morgan fingerprint density at radius 1 is 1.15 bits per heavy atom. The number of carbonyl (C=O) groups is 2. The molecular formula is C18H29N3O4S. The molecule has 8 heteroatoms. The van der Waals surface area contributed by atoms with Crippen LogP contribution >= 0.6 is 0 Å². The average Bonchev–Trinajstić information content (AvgIpc) is 2.44. The molecule has 0 aromatic heterocycles. The third kappa shape index (κ3) is 7.13. The van der Waals surface area contributed by atoms with Gasteiger partial charge < -0.3 is 10.2 Å². The fraction of sp³-hybridized carbons (Fsp3) is 0.556. The van der Waals surface area contributed by atoms with Gasteiger partial charge in [-0.25, -0.2) is 13.1 Å². The Hall–Kier alpha value is -1.93. The van der Waals surface area contributed by atoms with Gasteiger partial charge in [0, 0.05) is 25.6 Å². The fourth-order valence-corrected chi connectivity index (χ4v) is 3.68. The highest BCUT2D eigenvalue weighted by molar-refractivity contribution is 7.89. The number of hydrogen-bond acceptors (Lipinski definition) is 4. The van der Waals surface area contributed by atoms with Crippen molar-refractivity contribution in [1.29, 1.82) is 0 Å². The lowest BCUT2D eigenvalue weighted by molar-refractivity contribution is -0.135. The first-order chi connectivity index (χ1) is 11.8. The van der Waals surface area contributed by atoms with E-state index in [0.717, 1.165) is 5.56 Å². The number of amides is 2. The molecule has 1 aromatic carbocycles. The van der Waals surface area contributed by atoms with E-state index in [1.807, 2.05) is 27.7 Å². The Morgan fingerprint density at radius 2 is 1.77 bits per heavy atom. The maximum Gasteiger partial charge on any atom is 0.240 e. The van der Waals surface area contributed by atoms with Crippen molar-refractivity contribution < 1.29 is 18.0 Å². The van der Waals surface area contributed by atoms with E-state index in [1.165, 1.54) is 11.9 Å². The highest BCUT2D eigenvalue weighted by Crippen LogP contribution is 2.16. The van der Waals surface area contributed by atoms with Gasteiger partial charge in [0.2, 0.25) is 21.8 Å². The molecule has 1 aromatic rings. The monoisotopic (exact) mass is 383 g/mol. The number of carbonyl (C=O) groups excluding carboxylic acids is 2. The molecule has 0 radical (unpaired) electrons. The number of nitrogens with zero attached hydrogens (tertiary/aromatic N) is 1. The van der Waals surface area contributed by atoms with Gasteiger partial charge in [-0.3, -0.25) is 9.59 Å². The molecule has 2 N–H and O–H groups in total. The predicted molar refractivity (Wildman–Crippen MR) is 101 cm³/mol. The molecular weight excluding hydrogens is 354 g/mol. The van der Waals surface area contributed by atoms with Crippen molar-refractivity contribution in [2.24, 2.45) is 0 Å². The zero-order valence-corrected chi connectivity index (χ0v) is 17.2. The first kappa shape index (κ1) is 22.1. The molecule has 0 unspecified atom stereocenters. The molecule has 146 valence electrons. The Morgan fingerprint density at radius 3 is 2.31 bits per heavy atom. The van der Waals surface area contributed by atoms with Crippen LogP contribution in [0.1, 0.15) is 38.3 Å². The zero-order valence-electron chi connectivity index (χ0n) is 16.3. The van der Waals surface area contributed by atoms with E-state index in [9.17, 15) is 18.0 Å². The van der Waals surface area contributed by atoms with E-state index >= 15 is 0 Å². The predicted octanol–water partition coefficient (Wildman–Crippen LogP) is 1.34. The van der Waals surface area contributed by atoms with Crippen LogP contribution in [0.15, 0.2) is 23.1 Å². The third-order valence-electron chi connectivity index (χ3n) is 3.57. The lowest BCUT2D eigenvalue weighted by Gasteiger charge is -2.23. The van der Waals surface area contributed by atoms with Gasteiger partial charge in [-0.2, -0.15) is 0 Å². The Labute approximate surface area is 156 Å². The largest absolute Gasteiger partial charge is 0.350 e. The molecule has 0 spiro atoms. The van der Waals surface area contributed by atoms with Crippen molar-refractivity contribution in [3.8, 4) is 0 Å². The van der Waals surface area contributed by atoms with Crippen LogP contribution in [0.4, 0.5) is 0 Å². The smallest absolute Gasteiger partial charge is 0.240 e. The van der Waals surface area contributed by atoms with Crippen LogP contribution in [0.25, 0.3) is 0 Å². The van der Waals surface area contributed by atoms with Crippen molar-refractivity contribution in [2.45, 2.75) is 51.5 Å². The van der Waals surface area contributed by atoms with Crippen molar-refractivity contribution in [3.63, 3.8) is 0 Å². The summed E-state index contributed by atoms with van der Waals surface area (Å²) in [7, 11) is -2.16. The second-order valence-corrected chi connectivity index (χ2v) is 9.20. The van der Waals surface area contributed by atoms with Crippen molar-refractivity contribution in [3.05, 3.63) is 29.3 Å². The summed E-state index contributed by atoms with van der Waals surface area (Å²) in [6.45, 7) is 9.09. The van der Waals surface area contributed by atoms with Crippen molar-refractivity contribution in [1.82, 2.24) is 14.9 Å². The van der Waals surface area contributed by atoms with E-state index < -0.39 is 10.0 Å². The van der Waals surface area contributed by atoms with Crippen molar-refractivity contribution >= 4 is 21.8 Å². The summed E-state index contributed by atoms with van der Waals surface area (Å²) >= 11 is 0. The Kier molecular flexibility index (Phi) is 7.35. The van der Waals surface area contributed by atoms with Crippen LogP contribution in [-0.2, 0) is 19.6 Å². The first-order valence-electron chi connectivity index (χ1n) is 8.44. The van der Waals surface area contributed by atoms with Crippen LogP contribution < -0.4 is 10.0 Å². The Balaban J connectivity index is 2.55. The van der Waals surface area contributed by atoms with Crippen LogP contribution in [0.3, 0.4) is 0 Å². The highest BCUT2D eigenvalue weighted by Gasteiger charge is 2.19. The number of sulfonamides is 1. The standard InChI is InChI=1S/C18H29N3O4S/c1-13-7-8-15(14(2)11-13)26(24,25)19-10-9-17(23)21(6)12-16(22)20-18(3,4)5/h7-8,11,19H,9-10,12H2,1-6H3,(H,20,22). The number of benzene rings is 1. The third-order valence-corrected chi connectivity index (χ3v) is 5.19. The molecule has 0 atom stereocenters. The SMILES string of the molecule is Cc1ccc(S(=O)(=O)NCCC(=O)N(C)CC(=O)NC(C)(C)C)c(C)c1. The number of aryl methyl sites for hydroxylation is 2. The molecule has 0 bridgehead atoms. The number of hydrogen-bond donors (Lipinski definition) is 2. The number of rotatable bonds is 7. The van der Waals surface area contributed by atoms with Gasteiger partial charge in [0.1, 0.15) is 0 Å². The second-order valence-electron chi connectivity index (χ2n) is 7.46. The molecule has 1 rings (SSSR count). The van der Waals surface area contributed by atoms with E-state index in [2.05, 4.69) is 10.0 Å². The van der Waals surface area contributed by atoms with Crippen molar-refractivity contribution in [2.75, 3.05) is 20.1 Å². The average molecular weight is 384 g/mol. The molecule has 0 saturated heterocycles. The van der Waals surface area contributed by atoms with Gasteiger partial charge in [0.25, 0.3) is 0 Å². The van der Waals surface area contributed by atoms with Crippen LogP contribution in [-0.4, -0.2) is 50.8 Å². The minimum Gasteiger partial charge on any atom is -0.350 e. The van der Waals surface area contributed by atoms with Crippen LogP contribution in [0.5, 0.6) is 0 Å². The molecule has 0 fully saturated rings. The highest BCUT2D eigenvalue weighted by atomic mass is 32.2. The second kappa shape index (κ2) is 8.64. The van der Waals surface area contributed by atoms with Gasteiger partial charge in [-0.05, 0) is 46.2 Å². The van der Waals surface area contributed by atoms with Gasteiger partial charge in [0.05, 0.1) is 11.4 Å². The topological polar surface area (TPSA) is 95.6 Å². The minimum atomic E-state index is -3.68. The molecule has 2 amide bonds. The number of likely N-dealkylation sites (N-methyl/N-ethyl adjacent to an activating group) is 1. The quantitative estimate of drug-likeness (QED) is 0.743. The summed E-state index contributed by atoms with van der Waals surface area (Å²) in [5.41, 5.74) is 1.26. The maximum atomic E-state index is 12.3. The van der Waals surface area contributed by atoms with Crippen LogP contribution in [0.2, 0.25) is 0 Å². The lowest BCUT2D eigenvalue weighted by atomic mass is 10.1. The van der Waals surface area contributed by atoms with E-state index in [-0.39, 0.29) is 41.8 Å². The Bertz CT molecular complexity index is 767. The fourth-order valence-electron chi connectivity index (χ4n) is 2.42. The molecule has 7 nitrogen and oxygen atoms in total. The minimum absolute atomic E-state index is 0.0244. The maximum absolute atomic E-state index is 12.3. The van der Waals surface area contributed by atoms with Crippen LogP contribution in [0, 0.1) is 13.8 Å². The summed E-state index contributed by atoms with van der Waals surface area (Å²) < 4.78 is 27.1. The summed E-state index contributed by atoms with van der Waals surface area (Å²) in [5.74, 6) is -0.568. The first-order valence-corrected chi connectivity index (χ1v) is 9.92. The van der Waals surface area contributed by atoms with E-state index in [1.54, 1.807) is 25.1 Å². The molecule has 0 saturated carbocycles. The van der Waals surface area contributed by atoms with Gasteiger partial charge >= 0.3 is 0 Å². The summed E-state index contributed by atoms with van der Waals surface area (Å²) in [4.78, 5) is 25.4.